The van der Waals surface area contributed by atoms with Crippen LogP contribution in [0, 0.1) is 0 Å². The number of hydrogen-bond donors (Lipinski definition) is 0. The van der Waals surface area contributed by atoms with Crippen molar-refractivity contribution in [2.45, 2.75) is 19.3 Å². The van der Waals surface area contributed by atoms with Crippen LogP contribution in [0.4, 0.5) is 0 Å². The maximum absolute atomic E-state index is 11.7. The maximum Gasteiger partial charge on any atom is 0.195 e. The summed E-state index contributed by atoms with van der Waals surface area (Å²) in [5.74, 6) is 0.798. The zero-order valence-corrected chi connectivity index (χ0v) is 10.9. The molecule has 0 aliphatic rings. The van der Waals surface area contributed by atoms with E-state index in [4.69, 9.17) is 9.47 Å². The second kappa shape index (κ2) is 6.92. The molecule has 0 aliphatic carbocycles. The van der Waals surface area contributed by atoms with Crippen LogP contribution in [-0.2, 0) is 22.9 Å². The second-order valence-corrected chi connectivity index (χ2v) is 4.28. The standard InChI is InChI=1S/C16H17O3/c1-18-15-9-7-14(8-10-15)12-19-16(17)11-13-5-3-2-4-6-13/h2-10,16H,11-12H2,1H3. The molecule has 0 amide bonds. The molecule has 0 aromatic heterocycles. The molecule has 1 unspecified atom stereocenters. The fraction of sp³-hybridized carbons (Fsp3) is 0.250. The Labute approximate surface area is 113 Å². The van der Waals surface area contributed by atoms with Crippen LogP contribution >= 0.6 is 0 Å². The Morgan fingerprint density at radius 2 is 1.63 bits per heavy atom. The fourth-order valence-corrected chi connectivity index (χ4v) is 1.78. The van der Waals surface area contributed by atoms with Gasteiger partial charge in [0.1, 0.15) is 5.75 Å². The van der Waals surface area contributed by atoms with Crippen LogP contribution in [0.15, 0.2) is 54.6 Å². The van der Waals surface area contributed by atoms with Crippen molar-refractivity contribution in [1.29, 1.82) is 0 Å². The highest BCUT2D eigenvalue weighted by atomic mass is 16.6. The summed E-state index contributed by atoms with van der Waals surface area (Å²) in [4.78, 5) is 0. The summed E-state index contributed by atoms with van der Waals surface area (Å²) in [5, 5.41) is 11.7. The Morgan fingerprint density at radius 1 is 0.947 bits per heavy atom. The minimum atomic E-state index is -1.04. The van der Waals surface area contributed by atoms with Crippen LogP contribution in [0.2, 0.25) is 0 Å². The number of ether oxygens (including phenoxy) is 2. The third-order valence-electron chi connectivity index (χ3n) is 2.84. The molecular formula is C16H17O3. The predicted octanol–water partition coefficient (Wildman–Crippen LogP) is 3.21. The highest BCUT2D eigenvalue weighted by Crippen LogP contribution is 2.13. The Balaban J connectivity index is 1.81. The first-order valence-electron chi connectivity index (χ1n) is 6.22. The van der Waals surface area contributed by atoms with Crippen LogP contribution < -0.4 is 4.74 Å². The minimum absolute atomic E-state index is 0.324. The second-order valence-electron chi connectivity index (χ2n) is 4.28. The zero-order chi connectivity index (χ0) is 13.5. The number of methoxy groups -OCH3 is 1. The molecule has 0 saturated carbocycles. The van der Waals surface area contributed by atoms with E-state index in [0.717, 1.165) is 16.9 Å². The molecule has 3 heteroatoms. The predicted molar refractivity (Wildman–Crippen MR) is 72.4 cm³/mol. The van der Waals surface area contributed by atoms with E-state index in [-0.39, 0.29) is 0 Å². The van der Waals surface area contributed by atoms with Gasteiger partial charge in [0, 0.05) is 6.42 Å². The van der Waals surface area contributed by atoms with Gasteiger partial charge in [-0.1, -0.05) is 42.5 Å². The van der Waals surface area contributed by atoms with Crippen LogP contribution in [0.3, 0.4) is 0 Å². The number of rotatable bonds is 6. The molecule has 3 nitrogen and oxygen atoms in total. The molecule has 2 rings (SSSR count). The molecular weight excluding hydrogens is 240 g/mol. The maximum atomic E-state index is 11.7. The van der Waals surface area contributed by atoms with Gasteiger partial charge >= 0.3 is 0 Å². The topological polar surface area (TPSA) is 38.4 Å². The molecule has 0 aliphatic heterocycles. The van der Waals surface area contributed by atoms with Crippen molar-refractivity contribution < 1.29 is 14.6 Å². The molecule has 2 aromatic carbocycles. The van der Waals surface area contributed by atoms with Crippen molar-refractivity contribution in [3.63, 3.8) is 0 Å². The minimum Gasteiger partial charge on any atom is -0.497 e. The summed E-state index contributed by atoms with van der Waals surface area (Å²) in [5.41, 5.74) is 1.96. The third-order valence-corrected chi connectivity index (χ3v) is 2.84. The van der Waals surface area contributed by atoms with Crippen LogP contribution in [0.1, 0.15) is 11.1 Å². The highest BCUT2D eigenvalue weighted by molar-refractivity contribution is 5.26. The molecule has 1 radical (unpaired) electrons. The Morgan fingerprint density at radius 3 is 2.26 bits per heavy atom. The monoisotopic (exact) mass is 257 g/mol. The van der Waals surface area contributed by atoms with Crippen molar-refractivity contribution in [1.82, 2.24) is 0 Å². The highest BCUT2D eigenvalue weighted by Gasteiger charge is 2.07. The Kier molecular flexibility index (Phi) is 4.95. The number of benzene rings is 2. The quantitative estimate of drug-likeness (QED) is 0.745. The molecule has 0 saturated heterocycles. The number of hydrogen-bond acceptors (Lipinski definition) is 2. The van der Waals surface area contributed by atoms with Gasteiger partial charge in [0.15, 0.2) is 6.29 Å². The summed E-state index contributed by atoms with van der Waals surface area (Å²) in [7, 11) is 1.62. The van der Waals surface area contributed by atoms with E-state index in [1.54, 1.807) is 7.11 Å². The molecule has 99 valence electrons. The van der Waals surface area contributed by atoms with Crippen molar-refractivity contribution in [2.75, 3.05) is 7.11 Å². The molecule has 0 N–H and O–H groups in total. The van der Waals surface area contributed by atoms with E-state index in [2.05, 4.69) is 0 Å². The first-order valence-corrected chi connectivity index (χ1v) is 6.22. The Hall–Kier alpha value is -1.84. The molecule has 0 fully saturated rings. The van der Waals surface area contributed by atoms with Gasteiger partial charge in [0.2, 0.25) is 0 Å². The first-order chi connectivity index (χ1) is 9.28. The van der Waals surface area contributed by atoms with Gasteiger partial charge in [-0.2, -0.15) is 0 Å². The van der Waals surface area contributed by atoms with Gasteiger partial charge in [-0.3, -0.25) is 0 Å². The largest absolute Gasteiger partial charge is 0.497 e. The SMILES string of the molecule is COc1ccc(COC([O])Cc2ccccc2)cc1. The van der Waals surface area contributed by atoms with E-state index in [0.29, 0.717) is 13.0 Å². The molecule has 1 atom stereocenters. The normalized spacial score (nSPS) is 12.1. The van der Waals surface area contributed by atoms with Crippen LogP contribution in [0.5, 0.6) is 5.75 Å². The van der Waals surface area contributed by atoms with Gasteiger partial charge < -0.3 is 9.47 Å². The molecule has 0 spiro atoms. The lowest BCUT2D eigenvalue weighted by Crippen LogP contribution is -2.13. The van der Waals surface area contributed by atoms with Gasteiger partial charge in [-0.25, -0.2) is 5.11 Å². The molecule has 19 heavy (non-hydrogen) atoms. The summed E-state index contributed by atoms with van der Waals surface area (Å²) < 4.78 is 10.4. The van der Waals surface area contributed by atoms with E-state index in [1.807, 2.05) is 54.6 Å². The van der Waals surface area contributed by atoms with E-state index in [1.165, 1.54) is 0 Å². The van der Waals surface area contributed by atoms with E-state index >= 15 is 0 Å². The van der Waals surface area contributed by atoms with Crippen molar-refractivity contribution in [3.8, 4) is 5.75 Å². The average Bonchev–Trinajstić information content (AvgIpc) is 2.47. The summed E-state index contributed by atoms with van der Waals surface area (Å²) >= 11 is 0. The molecule has 2 aromatic rings. The lowest BCUT2D eigenvalue weighted by Gasteiger charge is -2.10. The average molecular weight is 257 g/mol. The van der Waals surface area contributed by atoms with E-state index < -0.39 is 6.29 Å². The summed E-state index contributed by atoms with van der Waals surface area (Å²) in [6, 6.07) is 17.1. The molecule has 0 bridgehead atoms. The van der Waals surface area contributed by atoms with Gasteiger partial charge in [0.25, 0.3) is 0 Å². The summed E-state index contributed by atoms with van der Waals surface area (Å²) in [6.07, 6.45) is -0.652. The van der Waals surface area contributed by atoms with E-state index in [9.17, 15) is 5.11 Å². The van der Waals surface area contributed by atoms with Crippen molar-refractivity contribution in [2.24, 2.45) is 0 Å². The lowest BCUT2D eigenvalue weighted by molar-refractivity contribution is -0.145. The third kappa shape index (κ3) is 4.39. The zero-order valence-electron chi connectivity index (χ0n) is 10.9. The van der Waals surface area contributed by atoms with Crippen molar-refractivity contribution >= 4 is 0 Å². The van der Waals surface area contributed by atoms with Gasteiger partial charge in [-0.15, -0.1) is 0 Å². The fourth-order valence-electron chi connectivity index (χ4n) is 1.78. The van der Waals surface area contributed by atoms with Gasteiger partial charge in [0.05, 0.1) is 13.7 Å². The summed E-state index contributed by atoms with van der Waals surface area (Å²) in [6.45, 7) is 0.324. The lowest BCUT2D eigenvalue weighted by atomic mass is 10.1. The van der Waals surface area contributed by atoms with Crippen molar-refractivity contribution in [3.05, 3.63) is 65.7 Å². The first kappa shape index (κ1) is 13.6. The van der Waals surface area contributed by atoms with Gasteiger partial charge in [-0.05, 0) is 23.3 Å². The smallest absolute Gasteiger partial charge is 0.195 e. The Bertz CT molecular complexity index is 479. The van der Waals surface area contributed by atoms with Crippen LogP contribution in [0.25, 0.3) is 0 Å². The molecule has 0 heterocycles. The van der Waals surface area contributed by atoms with Crippen LogP contribution in [-0.4, -0.2) is 13.4 Å².